The van der Waals surface area contributed by atoms with E-state index < -0.39 is 22.4 Å². The van der Waals surface area contributed by atoms with Crippen LogP contribution in [0.5, 0.6) is 28.7 Å². The lowest BCUT2D eigenvalue weighted by Crippen LogP contribution is -2.28. The third kappa shape index (κ3) is 12.1. The first-order valence-electron chi connectivity index (χ1n) is 14.3. The molecule has 0 aromatic heterocycles. The minimum atomic E-state index is -0.596. The van der Waals surface area contributed by atoms with Gasteiger partial charge >= 0.3 is 0 Å². The van der Waals surface area contributed by atoms with Crippen LogP contribution in [0.25, 0.3) is 6.08 Å². The van der Waals surface area contributed by atoms with Gasteiger partial charge in [0, 0.05) is 5.56 Å². The molecular weight excluding hydrogens is 516 g/mol. The largest absolute Gasteiger partial charge is 0.488 e. The van der Waals surface area contributed by atoms with E-state index in [1.165, 1.54) is 6.08 Å². The van der Waals surface area contributed by atoms with E-state index in [1.807, 2.05) is 122 Å². The summed E-state index contributed by atoms with van der Waals surface area (Å²) in [6, 6.07) is 9.21. The fourth-order valence-corrected chi connectivity index (χ4v) is 3.76. The summed E-state index contributed by atoms with van der Waals surface area (Å²) in [6.07, 6.45) is 3.27. The van der Waals surface area contributed by atoms with Crippen LogP contribution in [0, 0.1) is 0 Å². The Morgan fingerprint density at radius 2 is 0.951 bits per heavy atom. The summed E-state index contributed by atoms with van der Waals surface area (Å²) >= 11 is 0. The van der Waals surface area contributed by atoms with Gasteiger partial charge in [-0.05, 0) is 146 Å². The van der Waals surface area contributed by atoms with Gasteiger partial charge in [0.1, 0.15) is 50.8 Å². The van der Waals surface area contributed by atoms with Gasteiger partial charge in [0.25, 0.3) is 0 Å². The maximum Gasteiger partial charge on any atom is 0.193 e. The quantitative estimate of drug-likeness (QED) is 0.233. The van der Waals surface area contributed by atoms with Gasteiger partial charge in [0.05, 0.1) is 0 Å². The molecule has 2 aromatic rings. The zero-order valence-electron chi connectivity index (χ0n) is 28.0. The van der Waals surface area contributed by atoms with Gasteiger partial charge in [0.2, 0.25) is 0 Å². The molecule has 0 atom stereocenters. The van der Waals surface area contributed by atoms with E-state index in [0.717, 1.165) is 0 Å². The maximum atomic E-state index is 14.1. The van der Waals surface area contributed by atoms with Crippen molar-refractivity contribution in [1.29, 1.82) is 0 Å². The van der Waals surface area contributed by atoms with Crippen LogP contribution >= 0.6 is 0 Å². The second kappa shape index (κ2) is 12.0. The van der Waals surface area contributed by atoms with E-state index in [-0.39, 0.29) is 11.4 Å². The van der Waals surface area contributed by atoms with Crippen molar-refractivity contribution in [2.45, 2.75) is 132 Å². The lowest BCUT2D eigenvalue weighted by Gasteiger charge is -2.30. The average molecular weight is 569 g/mol. The summed E-state index contributed by atoms with van der Waals surface area (Å²) < 4.78 is 31.3. The van der Waals surface area contributed by atoms with Crippen molar-refractivity contribution < 1.29 is 28.5 Å². The standard InChI is InChI=1S/C35H52O6/c1-31(2,3)37-24-17-19-26(38-32(4,5)6)23(22-24)16-18-25(36)29-27(39-33(7,8)9)20-21-28(40-34(10,11)12)30(29)41-35(13,14)15/h16-22H,1-15H3/b18-16+. The molecule has 0 N–H and O–H groups in total. The highest BCUT2D eigenvalue weighted by atomic mass is 16.5. The van der Waals surface area contributed by atoms with E-state index >= 15 is 0 Å². The van der Waals surface area contributed by atoms with Crippen molar-refractivity contribution >= 4 is 11.9 Å². The molecule has 0 aliphatic heterocycles. The Kier molecular flexibility index (Phi) is 9.96. The van der Waals surface area contributed by atoms with Gasteiger partial charge in [-0.2, -0.15) is 0 Å². The molecule has 0 aliphatic rings. The Balaban J connectivity index is 2.74. The third-order valence-corrected chi connectivity index (χ3v) is 4.81. The van der Waals surface area contributed by atoms with Crippen LogP contribution in [-0.4, -0.2) is 33.8 Å². The predicted octanol–water partition coefficient (Wildman–Crippen LogP) is 9.47. The molecule has 6 heteroatoms. The lowest BCUT2D eigenvalue weighted by atomic mass is 10.0. The molecule has 6 nitrogen and oxygen atoms in total. The minimum absolute atomic E-state index is 0.285. The third-order valence-electron chi connectivity index (χ3n) is 4.81. The van der Waals surface area contributed by atoms with Gasteiger partial charge in [-0.25, -0.2) is 0 Å². The Bertz CT molecular complexity index is 1240. The van der Waals surface area contributed by atoms with Crippen molar-refractivity contribution in [3.05, 3.63) is 47.5 Å². The highest BCUT2D eigenvalue weighted by Crippen LogP contribution is 2.43. The van der Waals surface area contributed by atoms with Gasteiger partial charge in [-0.15, -0.1) is 0 Å². The number of ether oxygens (including phenoxy) is 5. The van der Waals surface area contributed by atoms with E-state index in [4.69, 9.17) is 23.7 Å². The molecule has 0 unspecified atom stereocenters. The summed E-state index contributed by atoms with van der Waals surface area (Å²) in [5.74, 6) is 2.28. The molecule has 0 heterocycles. The van der Waals surface area contributed by atoms with E-state index in [1.54, 1.807) is 18.2 Å². The van der Waals surface area contributed by atoms with Crippen molar-refractivity contribution in [2.24, 2.45) is 0 Å². The number of hydrogen-bond donors (Lipinski definition) is 0. The number of carbonyl (C=O) groups is 1. The Labute approximate surface area is 248 Å². The van der Waals surface area contributed by atoms with Crippen molar-refractivity contribution in [2.75, 3.05) is 0 Å². The molecule has 0 fully saturated rings. The maximum absolute atomic E-state index is 14.1. The zero-order valence-corrected chi connectivity index (χ0v) is 28.0. The second-order valence-electron chi connectivity index (χ2n) is 15.2. The SMILES string of the molecule is CC(C)(C)Oc1ccc(OC(C)(C)C)c(/C=C/C(=O)c2c(OC(C)(C)C)ccc(OC(C)(C)C)c2OC(C)(C)C)c1. The molecule has 0 saturated carbocycles. The average Bonchev–Trinajstić information content (AvgIpc) is 2.70. The highest BCUT2D eigenvalue weighted by molar-refractivity contribution is 6.11. The summed E-state index contributed by atoms with van der Waals surface area (Å²) in [5, 5.41) is 0. The second-order valence-corrected chi connectivity index (χ2v) is 15.2. The molecule has 0 amide bonds. The molecule has 2 rings (SSSR count). The van der Waals surface area contributed by atoms with Crippen LogP contribution in [0.15, 0.2) is 36.4 Å². The number of ketones is 1. The van der Waals surface area contributed by atoms with Crippen LogP contribution in [0.4, 0.5) is 0 Å². The van der Waals surface area contributed by atoms with E-state index in [2.05, 4.69) is 0 Å². The first kappa shape index (κ1) is 34.1. The smallest absolute Gasteiger partial charge is 0.193 e. The highest BCUT2D eigenvalue weighted by Gasteiger charge is 2.29. The summed E-state index contributed by atoms with van der Waals surface area (Å²) in [6.45, 7) is 29.4. The van der Waals surface area contributed by atoms with Gasteiger partial charge in [0.15, 0.2) is 17.3 Å². The normalized spacial score (nSPS) is 13.2. The molecule has 41 heavy (non-hydrogen) atoms. The summed E-state index contributed by atoms with van der Waals surface area (Å²) in [4.78, 5) is 14.1. The van der Waals surface area contributed by atoms with Crippen LogP contribution < -0.4 is 23.7 Å². The van der Waals surface area contributed by atoms with Gasteiger partial charge in [-0.1, -0.05) is 0 Å². The molecule has 0 spiro atoms. The van der Waals surface area contributed by atoms with Gasteiger partial charge in [-0.3, -0.25) is 4.79 Å². The molecule has 0 radical (unpaired) electrons. The minimum Gasteiger partial charge on any atom is -0.488 e. The number of rotatable bonds is 8. The van der Waals surface area contributed by atoms with Crippen LogP contribution in [0.2, 0.25) is 0 Å². The number of hydrogen-bond acceptors (Lipinski definition) is 6. The Morgan fingerprint density at radius 3 is 1.44 bits per heavy atom. The first-order chi connectivity index (χ1) is 18.3. The topological polar surface area (TPSA) is 63.2 Å². The molecular formula is C35H52O6. The van der Waals surface area contributed by atoms with E-state index in [0.29, 0.717) is 39.9 Å². The molecule has 0 aliphatic carbocycles. The van der Waals surface area contributed by atoms with Crippen molar-refractivity contribution in [3.8, 4) is 28.7 Å². The lowest BCUT2D eigenvalue weighted by molar-refractivity contribution is 0.0871. The number of carbonyl (C=O) groups excluding carboxylic acids is 1. The predicted molar refractivity (Wildman–Crippen MR) is 168 cm³/mol. The molecule has 228 valence electrons. The Hall–Kier alpha value is -3.15. The summed E-state index contributed by atoms with van der Waals surface area (Å²) in [5.41, 5.74) is -1.45. The van der Waals surface area contributed by atoms with E-state index in [9.17, 15) is 4.79 Å². The van der Waals surface area contributed by atoms with Crippen molar-refractivity contribution in [3.63, 3.8) is 0 Å². The molecule has 0 bridgehead atoms. The summed E-state index contributed by atoms with van der Waals surface area (Å²) in [7, 11) is 0. The number of allylic oxidation sites excluding steroid dienone is 1. The van der Waals surface area contributed by atoms with Crippen molar-refractivity contribution in [1.82, 2.24) is 0 Å². The fraction of sp³-hybridized carbons (Fsp3) is 0.571. The molecule has 0 saturated heterocycles. The molecule has 2 aromatic carbocycles. The zero-order chi connectivity index (χ0) is 31.6. The Morgan fingerprint density at radius 1 is 0.537 bits per heavy atom. The monoisotopic (exact) mass is 568 g/mol. The fourth-order valence-electron chi connectivity index (χ4n) is 3.76. The van der Waals surface area contributed by atoms with Gasteiger partial charge < -0.3 is 23.7 Å². The van der Waals surface area contributed by atoms with Crippen LogP contribution in [0.3, 0.4) is 0 Å². The first-order valence-corrected chi connectivity index (χ1v) is 14.3. The van der Waals surface area contributed by atoms with Crippen LogP contribution in [-0.2, 0) is 0 Å². The van der Waals surface area contributed by atoms with Crippen LogP contribution in [0.1, 0.15) is 120 Å². The number of benzene rings is 2.